The van der Waals surface area contributed by atoms with Gasteiger partial charge in [-0.25, -0.2) is 4.90 Å². The number of halogens is 1. The predicted molar refractivity (Wildman–Crippen MR) is 116 cm³/mol. The predicted octanol–water partition coefficient (Wildman–Crippen LogP) is 4.72. The number of nitrogens with zero attached hydrogens (tertiary/aromatic N) is 1. The lowest BCUT2D eigenvalue weighted by molar-refractivity contribution is -0.113. The summed E-state index contributed by atoms with van der Waals surface area (Å²) in [4.78, 5) is 26.8. The van der Waals surface area contributed by atoms with Crippen molar-refractivity contribution in [1.82, 2.24) is 0 Å². The van der Waals surface area contributed by atoms with Crippen molar-refractivity contribution >= 4 is 50.6 Å². The lowest BCUT2D eigenvalue weighted by Gasteiger charge is -2.15. The van der Waals surface area contributed by atoms with Gasteiger partial charge in [-0.05, 0) is 63.6 Å². The van der Waals surface area contributed by atoms with Gasteiger partial charge in [0.25, 0.3) is 11.1 Å². The monoisotopic (exact) mass is 473 g/mol. The first-order valence-corrected chi connectivity index (χ1v) is 9.95. The van der Waals surface area contributed by atoms with Crippen LogP contribution < -0.4 is 19.1 Å². The van der Waals surface area contributed by atoms with Crippen molar-refractivity contribution in [2.45, 2.75) is 0 Å². The number of hydrogen-bond donors (Lipinski definition) is 0. The number of thioether (sulfide) groups is 1. The van der Waals surface area contributed by atoms with Crippen molar-refractivity contribution in [1.29, 1.82) is 0 Å². The zero-order valence-corrected chi connectivity index (χ0v) is 18.0. The van der Waals surface area contributed by atoms with Crippen LogP contribution in [0, 0.1) is 12.3 Å². The van der Waals surface area contributed by atoms with Crippen LogP contribution in [0.4, 0.5) is 10.5 Å². The molecule has 2 aromatic rings. The molecule has 1 heterocycles. The second kappa shape index (κ2) is 9.07. The lowest BCUT2D eigenvalue weighted by Crippen LogP contribution is -2.28. The fraction of sp³-hybridized carbons (Fsp3) is 0.143. The normalized spacial score (nSPS) is 14.8. The van der Waals surface area contributed by atoms with Crippen molar-refractivity contribution < 1.29 is 23.8 Å². The van der Waals surface area contributed by atoms with E-state index in [2.05, 4.69) is 21.9 Å². The van der Waals surface area contributed by atoms with Crippen LogP contribution in [0.1, 0.15) is 5.56 Å². The molecule has 0 aliphatic carbocycles. The van der Waals surface area contributed by atoms with Gasteiger partial charge in [-0.1, -0.05) is 18.1 Å². The Hall–Kier alpha value is -2.89. The van der Waals surface area contributed by atoms with Crippen LogP contribution in [-0.4, -0.2) is 32.0 Å². The van der Waals surface area contributed by atoms with Crippen LogP contribution in [0.25, 0.3) is 6.08 Å². The van der Waals surface area contributed by atoms with E-state index in [1.165, 1.54) is 14.2 Å². The molecule has 1 fully saturated rings. The number of terminal acetylenes is 1. The molecule has 0 spiro atoms. The summed E-state index contributed by atoms with van der Waals surface area (Å²) in [5, 5.41) is -0.397. The Bertz CT molecular complexity index is 1040. The fourth-order valence-electron chi connectivity index (χ4n) is 2.72. The van der Waals surface area contributed by atoms with Crippen molar-refractivity contribution in [3.63, 3.8) is 0 Å². The van der Waals surface area contributed by atoms with Gasteiger partial charge in [0.15, 0.2) is 11.5 Å². The van der Waals surface area contributed by atoms with E-state index in [0.29, 0.717) is 33.0 Å². The first kappa shape index (κ1) is 20.8. The molecular formula is C21H16BrNO5S. The summed E-state index contributed by atoms with van der Waals surface area (Å²) in [7, 11) is 2.99. The number of imide groups is 1. The van der Waals surface area contributed by atoms with Crippen molar-refractivity contribution in [2.24, 2.45) is 0 Å². The molecule has 0 radical (unpaired) electrons. The molecule has 8 heteroatoms. The third-order valence-corrected chi connectivity index (χ3v) is 5.43. The summed E-state index contributed by atoms with van der Waals surface area (Å²) in [5.41, 5.74) is 1.06. The molecule has 0 bridgehead atoms. The number of hydrogen-bond acceptors (Lipinski definition) is 6. The van der Waals surface area contributed by atoms with E-state index in [4.69, 9.17) is 20.6 Å². The summed E-state index contributed by atoms with van der Waals surface area (Å²) in [6, 6.07) is 10.3. The zero-order chi connectivity index (χ0) is 21.0. The smallest absolute Gasteiger partial charge is 0.298 e. The third-order valence-electron chi connectivity index (χ3n) is 3.97. The molecule has 0 N–H and O–H groups in total. The number of para-hydroxylation sites is 2. The second-order valence-electron chi connectivity index (χ2n) is 5.72. The number of anilines is 1. The molecule has 29 heavy (non-hydrogen) atoms. The largest absolute Gasteiger partial charge is 0.495 e. The number of carbonyl (C=O) groups is 2. The Morgan fingerprint density at radius 1 is 1.17 bits per heavy atom. The number of rotatable bonds is 6. The van der Waals surface area contributed by atoms with E-state index in [1.807, 2.05) is 0 Å². The van der Waals surface area contributed by atoms with E-state index >= 15 is 0 Å². The summed E-state index contributed by atoms with van der Waals surface area (Å²) < 4.78 is 16.7. The maximum absolute atomic E-state index is 12.9. The molecule has 0 aromatic heterocycles. The van der Waals surface area contributed by atoms with Gasteiger partial charge in [0, 0.05) is 0 Å². The zero-order valence-electron chi connectivity index (χ0n) is 15.6. The van der Waals surface area contributed by atoms with Gasteiger partial charge in [-0.15, -0.1) is 6.42 Å². The number of ether oxygens (including phenoxy) is 3. The molecule has 0 unspecified atom stereocenters. The molecule has 1 aliphatic heterocycles. The lowest BCUT2D eigenvalue weighted by atomic mass is 10.1. The Balaban J connectivity index is 1.96. The van der Waals surface area contributed by atoms with E-state index in [1.54, 1.807) is 42.5 Å². The van der Waals surface area contributed by atoms with Gasteiger partial charge < -0.3 is 14.2 Å². The Morgan fingerprint density at radius 3 is 2.59 bits per heavy atom. The highest BCUT2D eigenvalue weighted by Crippen LogP contribution is 2.41. The highest BCUT2D eigenvalue weighted by Gasteiger charge is 2.37. The molecule has 6 nitrogen and oxygen atoms in total. The van der Waals surface area contributed by atoms with Gasteiger partial charge in [-0.2, -0.15) is 0 Å². The van der Waals surface area contributed by atoms with E-state index in [0.717, 1.165) is 16.7 Å². The maximum Gasteiger partial charge on any atom is 0.298 e. The Kier molecular flexibility index (Phi) is 6.52. The van der Waals surface area contributed by atoms with Crippen LogP contribution >= 0.6 is 27.7 Å². The molecular weight excluding hydrogens is 458 g/mol. The quantitative estimate of drug-likeness (QED) is 0.446. The fourth-order valence-corrected chi connectivity index (χ4v) is 4.13. The van der Waals surface area contributed by atoms with Crippen LogP contribution in [0.15, 0.2) is 45.8 Å². The Morgan fingerprint density at radius 2 is 1.90 bits per heavy atom. The van der Waals surface area contributed by atoms with E-state index in [-0.39, 0.29) is 11.5 Å². The van der Waals surface area contributed by atoms with Crippen molar-refractivity contribution in [3.05, 3.63) is 51.3 Å². The summed E-state index contributed by atoms with van der Waals surface area (Å²) in [6.07, 6.45) is 6.86. The first-order chi connectivity index (χ1) is 14.0. The first-order valence-electron chi connectivity index (χ1n) is 8.35. The topological polar surface area (TPSA) is 65.1 Å². The maximum atomic E-state index is 12.9. The summed E-state index contributed by atoms with van der Waals surface area (Å²) in [5.74, 6) is 3.32. The van der Waals surface area contributed by atoms with Crippen molar-refractivity contribution in [2.75, 3.05) is 25.7 Å². The van der Waals surface area contributed by atoms with Gasteiger partial charge in [-0.3, -0.25) is 9.59 Å². The molecule has 0 atom stereocenters. The van der Waals surface area contributed by atoms with E-state index < -0.39 is 11.1 Å². The standard InChI is InChI=1S/C21H16BrNO5S/c1-4-9-28-19-14(22)10-13(11-17(19)27-3)12-18-20(24)23(21(25)29-18)15-7-5-6-8-16(15)26-2/h1,5-8,10-12H,9H2,2-3H3. The molecule has 148 valence electrons. The summed E-state index contributed by atoms with van der Waals surface area (Å²) in [6.45, 7) is 0.0894. The number of amides is 2. The molecule has 1 saturated heterocycles. The minimum Gasteiger partial charge on any atom is -0.495 e. The molecule has 1 aliphatic rings. The van der Waals surface area contributed by atoms with Gasteiger partial charge in [0.05, 0.1) is 29.3 Å². The van der Waals surface area contributed by atoms with Crippen LogP contribution in [0.3, 0.4) is 0 Å². The van der Waals surface area contributed by atoms with Gasteiger partial charge in [0.2, 0.25) is 0 Å². The molecule has 0 saturated carbocycles. The van der Waals surface area contributed by atoms with Crippen molar-refractivity contribution in [3.8, 4) is 29.6 Å². The number of methoxy groups -OCH3 is 2. The molecule has 3 rings (SSSR count). The van der Waals surface area contributed by atoms with Gasteiger partial charge in [0.1, 0.15) is 12.4 Å². The Labute approximate surface area is 180 Å². The minimum atomic E-state index is -0.424. The van der Waals surface area contributed by atoms with E-state index in [9.17, 15) is 9.59 Å². The number of carbonyl (C=O) groups excluding carboxylic acids is 2. The van der Waals surface area contributed by atoms with Crippen LogP contribution in [-0.2, 0) is 4.79 Å². The number of benzene rings is 2. The summed E-state index contributed by atoms with van der Waals surface area (Å²) >= 11 is 4.28. The average Bonchev–Trinajstić information content (AvgIpc) is 2.99. The van der Waals surface area contributed by atoms with Gasteiger partial charge >= 0.3 is 0 Å². The van der Waals surface area contributed by atoms with Crippen LogP contribution in [0.5, 0.6) is 17.2 Å². The highest BCUT2D eigenvalue weighted by molar-refractivity contribution is 9.10. The minimum absolute atomic E-state index is 0.0894. The molecule has 2 aromatic carbocycles. The van der Waals surface area contributed by atoms with Crippen LogP contribution in [0.2, 0.25) is 0 Å². The average molecular weight is 474 g/mol. The second-order valence-corrected chi connectivity index (χ2v) is 7.56. The third kappa shape index (κ3) is 4.26. The molecule has 2 amide bonds. The SMILES string of the molecule is C#CCOc1c(Br)cc(C=C2SC(=O)N(c3ccccc3OC)C2=O)cc1OC. The highest BCUT2D eigenvalue weighted by atomic mass is 79.9.